The van der Waals surface area contributed by atoms with Gasteiger partial charge in [0.25, 0.3) is 0 Å². The number of rotatable bonds is 8. The zero-order valence-electron chi connectivity index (χ0n) is 13.7. The van der Waals surface area contributed by atoms with E-state index in [-0.39, 0.29) is 18.3 Å². The minimum Gasteiger partial charge on any atom is -0.490 e. The molecule has 0 aliphatic heterocycles. The summed E-state index contributed by atoms with van der Waals surface area (Å²) in [6, 6.07) is 13.5. The van der Waals surface area contributed by atoms with E-state index in [1.165, 1.54) is 12.1 Å². The van der Waals surface area contributed by atoms with Crippen LogP contribution in [-0.2, 0) is 11.3 Å². The normalized spacial score (nSPS) is 10.5. The average molecular weight is 328 g/mol. The number of nitrogens with one attached hydrogen (secondary N) is 1. The molecule has 0 aromatic heterocycles. The lowest BCUT2D eigenvalue weighted by atomic mass is 10.2. The molecule has 4 nitrogen and oxygen atoms in total. The fraction of sp³-hybridized carbons (Fsp3) is 0.211. The second-order valence-corrected chi connectivity index (χ2v) is 5.47. The Hall–Kier alpha value is -2.66. The molecule has 0 aliphatic rings. The van der Waals surface area contributed by atoms with E-state index in [9.17, 15) is 9.18 Å². The lowest BCUT2D eigenvalue weighted by Crippen LogP contribution is -2.29. The van der Waals surface area contributed by atoms with Crippen LogP contribution in [0.2, 0.25) is 0 Å². The summed E-state index contributed by atoms with van der Waals surface area (Å²) in [7, 11) is 1.85. The molecule has 1 N–H and O–H groups in total. The maximum Gasteiger partial charge on any atom is 0.238 e. The maximum absolute atomic E-state index is 13.1. The Kier molecular flexibility index (Phi) is 6.51. The van der Waals surface area contributed by atoms with Crippen LogP contribution in [0.4, 0.5) is 10.1 Å². The first-order chi connectivity index (χ1) is 11.6. The molecule has 2 aromatic rings. The fourth-order valence-corrected chi connectivity index (χ4v) is 2.23. The van der Waals surface area contributed by atoms with Crippen molar-refractivity contribution < 1.29 is 13.9 Å². The van der Waals surface area contributed by atoms with E-state index in [2.05, 4.69) is 11.9 Å². The summed E-state index contributed by atoms with van der Waals surface area (Å²) >= 11 is 0. The summed E-state index contributed by atoms with van der Waals surface area (Å²) in [6.45, 7) is 4.91. The molecule has 5 heteroatoms. The van der Waals surface area contributed by atoms with Crippen molar-refractivity contribution in [2.45, 2.75) is 6.54 Å². The third kappa shape index (κ3) is 5.85. The number of halogens is 1. The van der Waals surface area contributed by atoms with E-state index in [1.54, 1.807) is 18.2 Å². The van der Waals surface area contributed by atoms with Crippen molar-refractivity contribution in [3.05, 3.63) is 72.6 Å². The number of hydrogen-bond donors (Lipinski definition) is 1. The van der Waals surface area contributed by atoms with Crippen molar-refractivity contribution in [3.63, 3.8) is 0 Å². The first-order valence-corrected chi connectivity index (χ1v) is 7.63. The lowest BCUT2D eigenvalue weighted by Gasteiger charge is -2.16. The highest BCUT2D eigenvalue weighted by molar-refractivity contribution is 5.92. The standard InChI is InChI=1S/C19H21FN2O2/c1-3-11-24-18-9-7-15(8-10-18)13-22(2)14-19(23)21-17-6-4-5-16(20)12-17/h3-10,12H,1,11,13-14H2,2H3,(H,21,23). The third-order valence-electron chi connectivity index (χ3n) is 3.27. The molecule has 126 valence electrons. The van der Waals surface area contributed by atoms with Crippen molar-refractivity contribution in [1.29, 1.82) is 0 Å². The number of anilines is 1. The van der Waals surface area contributed by atoms with Gasteiger partial charge < -0.3 is 10.1 Å². The number of carbonyl (C=O) groups is 1. The molecule has 1 amide bonds. The summed E-state index contributed by atoms with van der Waals surface area (Å²) in [5.41, 5.74) is 1.53. The SMILES string of the molecule is C=CCOc1ccc(CN(C)CC(=O)Nc2cccc(F)c2)cc1. The van der Waals surface area contributed by atoms with Crippen molar-refractivity contribution in [2.75, 3.05) is 25.5 Å². The van der Waals surface area contributed by atoms with E-state index in [0.29, 0.717) is 18.8 Å². The van der Waals surface area contributed by atoms with E-state index in [0.717, 1.165) is 11.3 Å². The number of amides is 1. The molecule has 0 spiro atoms. The van der Waals surface area contributed by atoms with Gasteiger partial charge in [0.05, 0.1) is 6.54 Å². The molecule has 0 unspecified atom stereocenters. The second kappa shape index (κ2) is 8.84. The van der Waals surface area contributed by atoms with Crippen LogP contribution in [0.1, 0.15) is 5.56 Å². The van der Waals surface area contributed by atoms with Gasteiger partial charge in [-0.05, 0) is 42.9 Å². The van der Waals surface area contributed by atoms with E-state index in [1.807, 2.05) is 36.2 Å². The van der Waals surface area contributed by atoms with Gasteiger partial charge in [-0.3, -0.25) is 9.69 Å². The lowest BCUT2D eigenvalue weighted by molar-refractivity contribution is -0.117. The molecule has 0 fully saturated rings. The van der Waals surface area contributed by atoms with Crippen LogP contribution >= 0.6 is 0 Å². The number of ether oxygens (including phenoxy) is 1. The quantitative estimate of drug-likeness (QED) is 0.755. The van der Waals surface area contributed by atoms with Gasteiger partial charge >= 0.3 is 0 Å². The van der Waals surface area contributed by atoms with Crippen molar-refractivity contribution >= 4 is 11.6 Å². The zero-order valence-corrected chi connectivity index (χ0v) is 13.7. The van der Waals surface area contributed by atoms with Crippen molar-refractivity contribution in [1.82, 2.24) is 4.90 Å². The van der Waals surface area contributed by atoms with Crippen LogP contribution in [-0.4, -0.2) is 31.0 Å². The molecule has 0 heterocycles. The van der Waals surface area contributed by atoms with Crippen LogP contribution in [0.5, 0.6) is 5.75 Å². The Balaban J connectivity index is 1.82. The van der Waals surface area contributed by atoms with Gasteiger partial charge in [-0.25, -0.2) is 4.39 Å². The predicted molar refractivity (Wildman–Crippen MR) is 93.5 cm³/mol. The Labute approximate surface area is 141 Å². The second-order valence-electron chi connectivity index (χ2n) is 5.47. The molecule has 0 radical (unpaired) electrons. The first kappa shape index (κ1) is 17.7. The predicted octanol–water partition coefficient (Wildman–Crippen LogP) is 3.46. The number of likely N-dealkylation sites (N-methyl/N-ethyl adjacent to an activating group) is 1. The summed E-state index contributed by atoms with van der Waals surface area (Å²) in [5.74, 6) is 0.221. The van der Waals surface area contributed by atoms with Gasteiger partial charge in [-0.15, -0.1) is 0 Å². The first-order valence-electron chi connectivity index (χ1n) is 7.63. The summed E-state index contributed by atoms with van der Waals surface area (Å²) in [6.07, 6.45) is 1.69. The number of carbonyl (C=O) groups excluding carboxylic acids is 1. The van der Waals surface area contributed by atoms with E-state index < -0.39 is 0 Å². The molecule has 0 aliphatic carbocycles. The van der Waals surface area contributed by atoms with Gasteiger partial charge in [-0.2, -0.15) is 0 Å². The van der Waals surface area contributed by atoms with E-state index in [4.69, 9.17) is 4.74 Å². The number of nitrogens with zero attached hydrogens (tertiary/aromatic N) is 1. The molecular weight excluding hydrogens is 307 g/mol. The van der Waals surface area contributed by atoms with Gasteiger partial charge in [0.15, 0.2) is 0 Å². The Morgan fingerprint density at radius 1 is 1.29 bits per heavy atom. The van der Waals surface area contributed by atoms with Crippen LogP contribution in [0.25, 0.3) is 0 Å². The average Bonchev–Trinajstić information content (AvgIpc) is 2.54. The Morgan fingerprint density at radius 3 is 2.71 bits per heavy atom. The summed E-state index contributed by atoms with van der Waals surface area (Å²) in [4.78, 5) is 13.9. The number of benzene rings is 2. The smallest absolute Gasteiger partial charge is 0.238 e. The van der Waals surface area contributed by atoms with E-state index >= 15 is 0 Å². The van der Waals surface area contributed by atoms with Crippen molar-refractivity contribution in [3.8, 4) is 5.75 Å². The maximum atomic E-state index is 13.1. The largest absolute Gasteiger partial charge is 0.490 e. The molecule has 0 bridgehead atoms. The highest BCUT2D eigenvalue weighted by atomic mass is 19.1. The molecular formula is C19H21FN2O2. The van der Waals surface area contributed by atoms with Crippen LogP contribution in [0, 0.1) is 5.82 Å². The molecule has 0 saturated carbocycles. The zero-order chi connectivity index (χ0) is 17.4. The fourth-order valence-electron chi connectivity index (χ4n) is 2.23. The summed E-state index contributed by atoms with van der Waals surface area (Å²) in [5, 5.41) is 2.68. The highest BCUT2D eigenvalue weighted by Crippen LogP contribution is 2.13. The van der Waals surface area contributed by atoms with Crippen LogP contribution < -0.4 is 10.1 Å². The molecule has 2 rings (SSSR count). The van der Waals surface area contributed by atoms with Gasteiger partial charge in [0.2, 0.25) is 5.91 Å². The molecule has 24 heavy (non-hydrogen) atoms. The van der Waals surface area contributed by atoms with Gasteiger partial charge in [0.1, 0.15) is 18.2 Å². The third-order valence-corrected chi connectivity index (χ3v) is 3.27. The highest BCUT2D eigenvalue weighted by Gasteiger charge is 2.08. The monoisotopic (exact) mass is 328 g/mol. The summed E-state index contributed by atoms with van der Waals surface area (Å²) < 4.78 is 18.5. The van der Waals surface area contributed by atoms with Crippen LogP contribution in [0.15, 0.2) is 61.2 Å². The van der Waals surface area contributed by atoms with Gasteiger partial charge in [-0.1, -0.05) is 30.9 Å². The minimum atomic E-state index is -0.375. The number of hydrogen-bond acceptors (Lipinski definition) is 3. The van der Waals surface area contributed by atoms with Crippen LogP contribution in [0.3, 0.4) is 0 Å². The Morgan fingerprint density at radius 2 is 2.04 bits per heavy atom. The topological polar surface area (TPSA) is 41.6 Å². The minimum absolute atomic E-state index is 0.186. The van der Waals surface area contributed by atoms with Crippen molar-refractivity contribution in [2.24, 2.45) is 0 Å². The molecule has 0 saturated heterocycles. The molecule has 0 atom stereocenters. The Bertz CT molecular complexity index is 686. The van der Waals surface area contributed by atoms with Gasteiger partial charge in [0, 0.05) is 12.2 Å². The molecule has 2 aromatic carbocycles.